The molecule has 0 fully saturated rings. The highest BCUT2D eigenvalue weighted by Crippen LogP contribution is 2.28. The van der Waals surface area contributed by atoms with Crippen molar-refractivity contribution >= 4 is 11.9 Å². The zero-order valence-corrected chi connectivity index (χ0v) is 13.6. The van der Waals surface area contributed by atoms with Gasteiger partial charge in [-0.1, -0.05) is 0 Å². The quantitative estimate of drug-likeness (QED) is 0.629. The zero-order valence-electron chi connectivity index (χ0n) is 13.6. The van der Waals surface area contributed by atoms with Crippen LogP contribution in [0.5, 0.6) is 11.5 Å². The molecule has 0 spiro atoms. The number of hydrogen-bond donors (Lipinski definition) is 0. The highest BCUT2D eigenvalue weighted by Gasteiger charge is 2.10. The molecule has 0 radical (unpaired) electrons. The number of aromatic nitrogens is 1. The van der Waals surface area contributed by atoms with Crippen LogP contribution in [-0.2, 0) is 7.05 Å². The van der Waals surface area contributed by atoms with Gasteiger partial charge in [0.15, 0.2) is 17.3 Å². The van der Waals surface area contributed by atoms with E-state index in [9.17, 15) is 4.79 Å². The lowest BCUT2D eigenvalue weighted by Gasteiger charge is -2.07. The van der Waals surface area contributed by atoms with Gasteiger partial charge >= 0.3 is 0 Å². The number of methoxy groups -OCH3 is 2. The van der Waals surface area contributed by atoms with Crippen molar-refractivity contribution in [3.8, 4) is 17.6 Å². The Kier molecular flexibility index (Phi) is 4.87. The van der Waals surface area contributed by atoms with Crippen LogP contribution in [0.3, 0.4) is 0 Å². The molecule has 2 aromatic rings. The minimum atomic E-state index is -0.146. The summed E-state index contributed by atoms with van der Waals surface area (Å²) in [6.45, 7) is 1.90. The molecule has 0 aliphatic rings. The van der Waals surface area contributed by atoms with Gasteiger partial charge in [0, 0.05) is 18.3 Å². The van der Waals surface area contributed by atoms with Crippen LogP contribution in [0.15, 0.2) is 30.3 Å². The second-order valence-corrected chi connectivity index (χ2v) is 5.01. The third-order valence-corrected chi connectivity index (χ3v) is 3.77. The number of nitriles is 1. The van der Waals surface area contributed by atoms with E-state index in [0.717, 1.165) is 11.3 Å². The van der Waals surface area contributed by atoms with Crippen molar-refractivity contribution in [1.82, 2.24) is 4.57 Å². The Labute approximate surface area is 135 Å². The molecule has 0 aliphatic heterocycles. The number of nitrogens with zero attached hydrogens (tertiary/aromatic N) is 2. The minimum absolute atomic E-state index is 0.146. The lowest BCUT2D eigenvalue weighted by Crippen LogP contribution is -1.97. The monoisotopic (exact) mass is 310 g/mol. The standard InChI is InChI=1S/C18H18N2O3/c1-12-13(9-15(11-19)20(12)2)5-7-16(21)14-6-8-17(22-3)18(10-14)23-4/h5-10H,1-4H3/b7-5+. The summed E-state index contributed by atoms with van der Waals surface area (Å²) < 4.78 is 12.2. The van der Waals surface area contributed by atoms with Gasteiger partial charge in [0.05, 0.1) is 14.2 Å². The summed E-state index contributed by atoms with van der Waals surface area (Å²) in [5, 5.41) is 9.03. The van der Waals surface area contributed by atoms with Crippen molar-refractivity contribution in [2.24, 2.45) is 7.05 Å². The van der Waals surface area contributed by atoms with Gasteiger partial charge in [0.2, 0.25) is 0 Å². The first-order valence-electron chi connectivity index (χ1n) is 7.02. The molecule has 2 rings (SSSR count). The summed E-state index contributed by atoms with van der Waals surface area (Å²) in [6, 6.07) is 8.90. The molecule has 0 saturated carbocycles. The van der Waals surface area contributed by atoms with Crippen molar-refractivity contribution < 1.29 is 14.3 Å². The van der Waals surface area contributed by atoms with Crippen LogP contribution < -0.4 is 9.47 Å². The Hall–Kier alpha value is -3.00. The molecule has 0 N–H and O–H groups in total. The van der Waals surface area contributed by atoms with Gasteiger partial charge in [0.25, 0.3) is 0 Å². The molecule has 0 atom stereocenters. The molecule has 1 aromatic heterocycles. The number of ether oxygens (including phenoxy) is 2. The Morgan fingerprint density at radius 2 is 1.91 bits per heavy atom. The molecular weight excluding hydrogens is 292 g/mol. The number of carbonyl (C=O) groups is 1. The molecule has 5 nitrogen and oxygen atoms in total. The summed E-state index contributed by atoms with van der Waals surface area (Å²) >= 11 is 0. The van der Waals surface area contributed by atoms with Gasteiger partial charge in [0.1, 0.15) is 11.8 Å². The van der Waals surface area contributed by atoms with Gasteiger partial charge in [-0.3, -0.25) is 4.79 Å². The molecule has 118 valence electrons. The molecule has 0 bridgehead atoms. The number of allylic oxidation sites excluding steroid dienone is 1. The number of carbonyl (C=O) groups excluding carboxylic acids is 1. The van der Waals surface area contributed by atoms with Crippen LogP contribution in [0, 0.1) is 18.3 Å². The normalized spacial score (nSPS) is 10.6. The SMILES string of the molecule is COc1ccc(C(=O)/C=C/c2cc(C#N)n(C)c2C)cc1OC. The lowest BCUT2D eigenvalue weighted by molar-refractivity contribution is 0.104. The molecule has 0 saturated heterocycles. The van der Waals surface area contributed by atoms with E-state index in [4.69, 9.17) is 14.7 Å². The number of hydrogen-bond acceptors (Lipinski definition) is 4. The second kappa shape index (κ2) is 6.84. The maximum atomic E-state index is 12.3. The molecule has 1 heterocycles. The smallest absolute Gasteiger partial charge is 0.185 e. The first-order valence-corrected chi connectivity index (χ1v) is 7.02. The Bertz CT molecular complexity index is 810. The van der Waals surface area contributed by atoms with Crippen molar-refractivity contribution in [2.45, 2.75) is 6.92 Å². The molecule has 0 unspecified atom stereocenters. The second-order valence-electron chi connectivity index (χ2n) is 5.01. The fraction of sp³-hybridized carbons (Fsp3) is 0.222. The van der Waals surface area contributed by atoms with Crippen LogP contribution in [0.25, 0.3) is 6.08 Å². The van der Waals surface area contributed by atoms with Crippen LogP contribution in [0.2, 0.25) is 0 Å². The highest BCUT2D eigenvalue weighted by molar-refractivity contribution is 6.07. The maximum Gasteiger partial charge on any atom is 0.185 e. The lowest BCUT2D eigenvalue weighted by atomic mass is 10.1. The van der Waals surface area contributed by atoms with Crippen LogP contribution in [0.1, 0.15) is 27.3 Å². The first-order chi connectivity index (χ1) is 11.0. The van der Waals surface area contributed by atoms with Crippen LogP contribution in [0.4, 0.5) is 0 Å². The molecule has 0 amide bonds. The van der Waals surface area contributed by atoms with E-state index < -0.39 is 0 Å². The van der Waals surface area contributed by atoms with Crippen LogP contribution >= 0.6 is 0 Å². The Balaban J connectivity index is 2.27. The van der Waals surface area contributed by atoms with E-state index in [-0.39, 0.29) is 5.78 Å². The predicted molar refractivity (Wildman–Crippen MR) is 87.8 cm³/mol. The van der Waals surface area contributed by atoms with Gasteiger partial charge < -0.3 is 14.0 Å². The number of ketones is 1. The first kappa shape index (κ1) is 16.4. The Morgan fingerprint density at radius 3 is 2.48 bits per heavy atom. The molecule has 1 aromatic carbocycles. The van der Waals surface area contributed by atoms with Crippen molar-refractivity contribution in [2.75, 3.05) is 14.2 Å². The van der Waals surface area contributed by atoms with Gasteiger partial charge in [-0.2, -0.15) is 5.26 Å². The molecule has 0 aliphatic carbocycles. The van der Waals surface area contributed by atoms with Crippen LogP contribution in [-0.4, -0.2) is 24.6 Å². The van der Waals surface area contributed by atoms with E-state index in [1.807, 2.05) is 14.0 Å². The average molecular weight is 310 g/mol. The minimum Gasteiger partial charge on any atom is -0.493 e. The number of rotatable bonds is 5. The van der Waals surface area contributed by atoms with Gasteiger partial charge in [-0.15, -0.1) is 0 Å². The summed E-state index contributed by atoms with van der Waals surface area (Å²) in [5.41, 5.74) is 2.84. The van der Waals surface area contributed by atoms with E-state index >= 15 is 0 Å². The molecular formula is C18H18N2O3. The predicted octanol–water partition coefficient (Wildman–Crippen LogP) is 3.12. The van der Waals surface area contributed by atoms with E-state index in [0.29, 0.717) is 22.8 Å². The maximum absolute atomic E-state index is 12.3. The summed E-state index contributed by atoms with van der Waals surface area (Å²) in [4.78, 5) is 12.3. The summed E-state index contributed by atoms with van der Waals surface area (Å²) in [7, 11) is 4.89. The fourth-order valence-corrected chi connectivity index (χ4v) is 2.25. The van der Waals surface area contributed by atoms with Crippen molar-refractivity contribution in [3.63, 3.8) is 0 Å². The third kappa shape index (κ3) is 3.27. The molecule has 23 heavy (non-hydrogen) atoms. The average Bonchev–Trinajstić information content (AvgIpc) is 2.86. The van der Waals surface area contributed by atoms with Crippen molar-refractivity contribution in [1.29, 1.82) is 5.26 Å². The Morgan fingerprint density at radius 1 is 1.22 bits per heavy atom. The van der Waals surface area contributed by atoms with Gasteiger partial charge in [-0.25, -0.2) is 0 Å². The summed E-state index contributed by atoms with van der Waals surface area (Å²) in [6.07, 6.45) is 3.21. The molecule has 5 heteroatoms. The van der Waals surface area contributed by atoms with Gasteiger partial charge in [-0.05, 0) is 48.9 Å². The number of benzene rings is 1. The summed E-state index contributed by atoms with van der Waals surface area (Å²) in [5.74, 6) is 0.938. The highest BCUT2D eigenvalue weighted by atomic mass is 16.5. The fourth-order valence-electron chi connectivity index (χ4n) is 2.25. The topological polar surface area (TPSA) is 64.2 Å². The van der Waals surface area contributed by atoms with E-state index in [1.54, 1.807) is 42.0 Å². The largest absolute Gasteiger partial charge is 0.493 e. The van der Waals surface area contributed by atoms with E-state index in [2.05, 4.69) is 6.07 Å². The van der Waals surface area contributed by atoms with E-state index in [1.165, 1.54) is 13.2 Å². The zero-order chi connectivity index (χ0) is 17.0. The third-order valence-electron chi connectivity index (χ3n) is 3.77. The van der Waals surface area contributed by atoms with Crippen molar-refractivity contribution in [3.05, 3.63) is 52.9 Å².